The number of rotatable bonds is 3. The highest BCUT2D eigenvalue weighted by Crippen LogP contribution is 2.57. The van der Waals surface area contributed by atoms with E-state index >= 15 is 0 Å². The molecule has 1 amide bonds. The van der Waals surface area contributed by atoms with Gasteiger partial charge >= 0.3 is 12.1 Å². The van der Waals surface area contributed by atoms with Crippen LogP contribution in [0.4, 0.5) is 18.9 Å². The van der Waals surface area contributed by atoms with Gasteiger partial charge in [0.2, 0.25) is 5.91 Å². The van der Waals surface area contributed by atoms with Crippen LogP contribution < -0.4 is 5.32 Å². The molecule has 1 aromatic carbocycles. The molecule has 0 radical (unpaired) electrons. The molecule has 1 aromatic rings. The fraction of sp³-hybridized carbons (Fsp3) is 0.500. The molecule has 2 saturated heterocycles. The minimum Gasteiger partial charge on any atom is -0.481 e. The third-order valence-electron chi connectivity index (χ3n) is 5.58. The fourth-order valence-electron chi connectivity index (χ4n) is 4.33. The molecule has 2 aliphatic rings. The Kier molecular flexibility index (Phi) is 4.44. The van der Waals surface area contributed by atoms with Crippen molar-refractivity contribution in [2.24, 2.45) is 11.8 Å². The molecule has 5 atom stereocenters. The lowest BCUT2D eigenvalue weighted by Gasteiger charge is -2.36. The number of amides is 1. The number of carboxylic acid groups (broad SMARTS) is 1. The average molecular weight is 398 g/mol. The van der Waals surface area contributed by atoms with Crippen molar-refractivity contribution in [1.82, 2.24) is 0 Å². The lowest BCUT2D eigenvalue weighted by molar-refractivity contribution is -0.151. The molecular weight excluding hydrogens is 381 g/mol. The van der Waals surface area contributed by atoms with Gasteiger partial charge in [-0.05, 0) is 32.0 Å². The first-order valence-electron chi connectivity index (χ1n) is 8.37. The van der Waals surface area contributed by atoms with Crippen LogP contribution in [0.25, 0.3) is 0 Å². The topological polar surface area (TPSA) is 120 Å². The molecule has 2 bridgehead atoms. The number of hydrogen-bond acceptors (Lipinski definition) is 5. The number of aliphatic carboxylic acids is 1. The molecule has 3 rings (SSSR count). The number of alkyl halides is 3. The molecule has 0 aromatic heterocycles. The van der Waals surface area contributed by atoms with Crippen LogP contribution in [0.2, 0.25) is 0 Å². The van der Waals surface area contributed by atoms with Crippen molar-refractivity contribution in [1.29, 1.82) is 5.26 Å². The first-order valence-corrected chi connectivity index (χ1v) is 8.37. The van der Waals surface area contributed by atoms with Gasteiger partial charge in [-0.15, -0.1) is 0 Å². The van der Waals surface area contributed by atoms with Gasteiger partial charge < -0.3 is 20.3 Å². The van der Waals surface area contributed by atoms with Gasteiger partial charge in [-0.3, -0.25) is 9.59 Å². The van der Waals surface area contributed by atoms with Crippen LogP contribution in [-0.4, -0.2) is 39.4 Å². The van der Waals surface area contributed by atoms with Crippen LogP contribution in [0, 0.1) is 23.2 Å². The molecule has 0 aliphatic carbocycles. The summed E-state index contributed by atoms with van der Waals surface area (Å²) in [6, 6.07) is 4.09. The van der Waals surface area contributed by atoms with Crippen molar-refractivity contribution >= 4 is 17.6 Å². The van der Waals surface area contributed by atoms with E-state index in [1.165, 1.54) is 19.9 Å². The number of hydrogen-bond donors (Lipinski definition) is 3. The van der Waals surface area contributed by atoms with Gasteiger partial charge in [0.25, 0.3) is 0 Å². The zero-order valence-corrected chi connectivity index (χ0v) is 14.9. The Balaban J connectivity index is 1.95. The molecular formula is C18H17F3N2O5. The molecule has 2 aliphatic heterocycles. The van der Waals surface area contributed by atoms with Crippen molar-refractivity contribution in [2.75, 3.05) is 5.32 Å². The second kappa shape index (κ2) is 6.18. The van der Waals surface area contributed by atoms with E-state index in [9.17, 15) is 33.0 Å². The molecule has 2 heterocycles. The first-order chi connectivity index (χ1) is 12.8. The van der Waals surface area contributed by atoms with E-state index < -0.39 is 58.3 Å². The molecule has 0 saturated carbocycles. The summed E-state index contributed by atoms with van der Waals surface area (Å²) in [4.78, 5) is 24.6. The number of benzene rings is 1. The van der Waals surface area contributed by atoms with E-state index in [-0.39, 0.29) is 12.1 Å². The first kappa shape index (κ1) is 20.1. The molecule has 150 valence electrons. The minimum absolute atomic E-state index is 0.0271. The summed E-state index contributed by atoms with van der Waals surface area (Å²) >= 11 is 0. The van der Waals surface area contributed by atoms with Gasteiger partial charge in [0.05, 0.1) is 40.7 Å². The van der Waals surface area contributed by atoms with E-state index in [1.54, 1.807) is 0 Å². The van der Waals surface area contributed by atoms with Gasteiger partial charge in [-0.25, -0.2) is 0 Å². The molecule has 3 N–H and O–H groups in total. The van der Waals surface area contributed by atoms with E-state index in [4.69, 9.17) is 10.00 Å². The Morgan fingerprint density at radius 3 is 2.50 bits per heavy atom. The number of ether oxygens (including phenoxy) is 1. The van der Waals surface area contributed by atoms with Crippen LogP contribution in [-0.2, 0) is 20.5 Å². The van der Waals surface area contributed by atoms with E-state index in [0.29, 0.717) is 6.07 Å². The standard InChI is InChI=1S/C18H17F3N2O5/c1-16-6-11(24)17(2,28-16)12(13(16)15(26)27)14(25)23-9-4-3-8(7-22)10(5-9)18(19,20)21/h3-5,11-13,24H,6H2,1-2H3,(H,23,25)(H,26,27)/t11?,12?,13?,16-,17?/m0/s1. The summed E-state index contributed by atoms with van der Waals surface area (Å²) < 4.78 is 45.0. The van der Waals surface area contributed by atoms with Crippen molar-refractivity contribution in [3.05, 3.63) is 29.3 Å². The Hall–Kier alpha value is -2.64. The fourth-order valence-corrected chi connectivity index (χ4v) is 4.33. The van der Waals surface area contributed by atoms with Gasteiger partial charge in [-0.2, -0.15) is 18.4 Å². The van der Waals surface area contributed by atoms with Gasteiger partial charge in [0.15, 0.2) is 0 Å². The molecule has 10 heteroatoms. The van der Waals surface area contributed by atoms with Crippen LogP contribution in [0.5, 0.6) is 0 Å². The van der Waals surface area contributed by atoms with Gasteiger partial charge in [0, 0.05) is 12.1 Å². The van der Waals surface area contributed by atoms with Crippen LogP contribution >= 0.6 is 0 Å². The third kappa shape index (κ3) is 2.91. The second-order valence-electron chi connectivity index (χ2n) is 7.47. The van der Waals surface area contributed by atoms with Gasteiger partial charge in [-0.1, -0.05) is 0 Å². The minimum atomic E-state index is -4.80. The maximum absolute atomic E-state index is 13.1. The van der Waals surface area contributed by atoms with E-state index in [0.717, 1.165) is 12.1 Å². The Morgan fingerprint density at radius 1 is 1.32 bits per heavy atom. The number of nitrogens with one attached hydrogen (secondary N) is 1. The predicted molar refractivity (Wildman–Crippen MR) is 87.9 cm³/mol. The number of carbonyl (C=O) groups excluding carboxylic acids is 1. The van der Waals surface area contributed by atoms with Crippen LogP contribution in [0.1, 0.15) is 31.4 Å². The lowest BCUT2D eigenvalue weighted by atomic mass is 9.66. The zero-order chi connectivity index (χ0) is 21.1. The quantitative estimate of drug-likeness (QED) is 0.718. The van der Waals surface area contributed by atoms with Gasteiger partial charge in [0.1, 0.15) is 5.60 Å². The summed E-state index contributed by atoms with van der Waals surface area (Å²) in [6.07, 6.45) is -5.88. The number of carbonyl (C=O) groups is 2. The number of halogens is 3. The summed E-state index contributed by atoms with van der Waals surface area (Å²) in [6.45, 7) is 2.90. The monoisotopic (exact) mass is 398 g/mol. The number of fused-ring (bicyclic) bond motifs is 2. The second-order valence-corrected chi connectivity index (χ2v) is 7.47. The Bertz CT molecular complexity index is 896. The predicted octanol–water partition coefficient (Wildman–Crippen LogP) is 2.14. The maximum Gasteiger partial charge on any atom is 0.417 e. The Morgan fingerprint density at radius 2 is 1.96 bits per heavy atom. The van der Waals surface area contributed by atoms with E-state index in [2.05, 4.69) is 5.32 Å². The lowest BCUT2D eigenvalue weighted by Crippen LogP contribution is -2.54. The molecule has 7 nitrogen and oxygen atoms in total. The smallest absolute Gasteiger partial charge is 0.417 e. The van der Waals surface area contributed by atoms with E-state index in [1.807, 2.05) is 0 Å². The molecule has 28 heavy (non-hydrogen) atoms. The summed E-state index contributed by atoms with van der Waals surface area (Å²) in [5.41, 5.74) is -4.82. The largest absolute Gasteiger partial charge is 0.481 e. The highest BCUT2D eigenvalue weighted by atomic mass is 19.4. The maximum atomic E-state index is 13.1. The SMILES string of the molecule is CC12O[C@@](C)(CC1O)C(C(=O)O)C2C(=O)Nc1ccc(C#N)c(C(F)(F)F)c1. The number of nitriles is 1. The number of nitrogens with zero attached hydrogens (tertiary/aromatic N) is 1. The molecule has 2 fully saturated rings. The van der Waals surface area contributed by atoms with Crippen molar-refractivity contribution in [3.8, 4) is 6.07 Å². The average Bonchev–Trinajstić information content (AvgIpc) is 2.95. The summed E-state index contributed by atoms with van der Waals surface area (Å²) in [5.74, 6) is -4.77. The normalized spacial score (nSPS) is 34.1. The Labute approximate surface area is 157 Å². The number of aliphatic hydroxyl groups is 1. The number of anilines is 1. The number of aliphatic hydroxyl groups excluding tert-OH is 1. The van der Waals surface area contributed by atoms with Crippen molar-refractivity contribution < 1.29 is 37.7 Å². The zero-order valence-electron chi connectivity index (χ0n) is 14.9. The highest BCUT2D eigenvalue weighted by Gasteiger charge is 2.71. The molecule has 0 spiro atoms. The summed E-state index contributed by atoms with van der Waals surface area (Å²) in [7, 11) is 0. The molecule has 4 unspecified atom stereocenters. The highest BCUT2D eigenvalue weighted by molar-refractivity contribution is 5.97. The van der Waals surface area contributed by atoms with Crippen LogP contribution in [0.15, 0.2) is 18.2 Å². The van der Waals surface area contributed by atoms with Crippen LogP contribution in [0.3, 0.4) is 0 Å². The number of carboxylic acids is 1. The third-order valence-corrected chi connectivity index (χ3v) is 5.58. The van der Waals surface area contributed by atoms with Crippen molar-refractivity contribution in [2.45, 2.75) is 43.8 Å². The van der Waals surface area contributed by atoms with Crippen molar-refractivity contribution in [3.63, 3.8) is 0 Å². The summed E-state index contributed by atoms with van der Waals surface area (Å²) in [5, 5.41) is 31.0.